The van der Waals surface area contributed by atoms with Crippen LogP contribution >= 0.6 is 0 Å². The molecule has 0 saturated heterocycles. The number of rotatable bonds is 12. The number of pyridine rings is 2. The molecule has 2 heterocycles. The lowest BCUT2D eigenvalue weighted by atomic mass is 9.97. The normalized spacial score (nSPS) is 12.7. The van der Waals surface area contributed by atoms with Crippen LogP contribution in [0.1, 0.15) is 31.1 Å². The summed E-state index contributed by atoms with van der Waals surface area (Å²) in [6, 6.07) is 3.13. The van der Waals surface area contributed by atoms with Crippen LogP contribution in [0.3, 0.4) is 0 Å². The van der Waals surface area contributed by atoms with E-state index in [1.165, 1.54) is 6.20 Å². The van der Waals surface area contributed by atoms with E-state index in [4.69, 9.17) is 20.3 Å². The van der Waals surface area contributed by atoms with Crippen molar-refractivity contribution in [3.8, 4) is 5.88 Å². The van der Waals surface area contributed by atoms with E-state index in [1.807, 2.05) is 13.8 Å². The Hall–Kier alpha value is -3.67. The molecule has 33 heavy (non-hydrogen) atoms. The van der Waals surface area contributed by atoms with Crippen LogP contribution in [0, 0.1) is 11.7 Å². The smallest absolute Gasteiger partial charge is 0.404 e. The SMILES string of the molecule is COCCOc1cc(Nc2nc(N[C@@H](C(C)C)[C@H](C)NC(=O)O)c(F)cc2C(N)=O)ccn1. The summed E-state index contributed by atoms with van der Waals surface area (Å²) in [6.07, 6.45) is 0.293. The molecule has 2 aromatic heterocycles. The van der Waals surface area contributed by atoms with Crippen molar-refractivity contribution >= 4 is 29.3 Å². The molecule has 0 saturated carbocycles. The highest BCUT2D eigenvalue weighted by molar-refractivity contribution is 5.98. The van der Waals surface area contributed by atoms with Gasteiger partial charge in [-0.3, -0.25) is 4.79 Å². The molecule has 0 aliphatic heterocycles. The molecule has 0 unspecified atom stereocenters. The Kier molecular flexibility index (Phi) is 9.16. The van der Waals surface area contributed by atoms with Gasteiger partial charge in [0.25, 0.3) is 5.91 Å². The van der Waals surface area contributed by atoms with Gasteiger partial charge in [-0.05, 0) is 25.0 Å². The van der Waals surface area contributed by atoms with Crippen LogP contribution in [-0.4, -0.2) is 59.5 Å². The van der Waals surface area contributed by atoms with E-state index in [9.17, 15) is 14.0 Å². The number of nitrogens with one attached hydrogen (secondary N) is 3. The highest BCUT2D eigenvalue weighted by Gasteiger charge is 2.25. The quantitative estimate of drug-likeness (QED) is 0.297. The van der Waals surface area contributed by atoms with Crippen LogP contribution in [0.5, 0.6) is 5.88 Å². The van der Waals surface area contributed by atoms with Gasteiger partial charge in [0.15, 0.2) is 11.6 Å². The predicted octanol–water partition coefficient (Wildman–Crippen LogP) is 2.58. The van der Waals surface area contributed by atoms with Gasteiger partial charge in [0.05, 0.1) is 12.2 Å². The summed E-state index contributed by atoms with van der Waals surface area (Å²) in [7, 11) is 1.55. The summed E-state index contributed by atoms with van der Waals surface area (Å²) < 4.78 is 25.2. The van der Waals surface area contributed by atoms with Gasteiger partial charge in [-0.1, -0.05) is 13.8 Å². The second-order valence-corrected chi connectivity index (χ2v) is 7.58. The summed E-state index contributed by atoms with van der Waals surface area (Å²) in [5.74, 6) is -1.59. The molecule has 0 aliphatic carbocycles. The Labute approximate surface area is 190 Å². The zero-order valence-corrected chi connectivity index (χ0v) is 18.9. The number of hydrogen-bond acceptors (Lipinski definition) is 8. The molecule has 0 bridgehead atoms. The zero-order chi connectivity index (χ0) is 24.5. The Morgan fingerprint density at radius 2 is 1.94 bits per heavy atom. The topological polar surface area (TPSA) is 161 Å². The third-order valence-electron chi connectivity index (χ3n) is 4.69. The number of primary amides is 1. The van der Waals surface area contributed by atoms with Gasteiger partial charge in [-0.2, -0.15) is 0 Å². The van der Waals surface area contributed by atoms with Gasteiger partial charge >= 0.3 is 6.09 Å². The summed E-state index contributed by atoms with van der Waals surface area (Å²) in [4.78, 5) is 31.2. The molecule has 180 valence electrons. The second-order valence-electron chi connectivity index (χ2n) is 7.58. The average molecular weight is 464 g/mol. The predicted molar refractivity (Wildman–Crippen MR) is 120 cm³/mol. The molecule has 11 nitrogen and oxygen atoms in total. The number of aromatic nitrogens is 2. The van der Waals surface area contributed by atoms with Crippen LogP contribution < -0.4 is 26.4 Å². The lowest BCUT2D eigenvalue weighted by Crippen LogP contribution is -2.47. The highest BCUT2D eigenvalue weighted by Crippen LogP contribution is 2.26. The largest absolute Gasteiger partial charge is 0.475 e. The molecule has 0 fully saturated rings. The number of hydrogen-bond donors (Lipinski definition) is 5. The minimum atomic E-state index is -1.20. The van der Waals surface area contributed by atoms with Gasteiger partial charge in [-0.15, -0.1) is 0 Å². The molecule has 2 aromatic rings. The van der Waals surface area contributed by atoms with Gasteiger partial charge < -0.3 is 36.3 Å². The first-order valence-electron chi connectivity index (χ1n) is 10.2. The Morgan fingerprint density at radius 3 is 2.55 bits per heavy atom. The first kappa shape index (κ1) is 25.6. The summed E-state index contributed by atoms with van der Waals surface area (Å²) in [6.45, 7) is 6.04. The molecule has 12 heteroatoms. The molecule has 2 rings (SSSR count). The maximum Gasteiger partial charge on any atom is 0.404 e. The number of carboxylic acid groups (broad SMARTS) is 1. The van der Waals surface area contributed by atoms with Gasteiger partial charge in [0.2, 0.25) is 5.88 Å². The fourth-order valence-electron chi connectivity index (χ4n) is 3.12. The van der Waals surface area contributed by atoms with E-state index < -0.39 is 29.9 Å². The van der Waals surface area contributed by atoms with Gasteiger partial charge in [-0.25, -0.2) is 19.2 Å². The van der Waals surface area contributed by atoms with Gasteiger partial charge in [0.1, 0.15) is 12.4 Å². The van der Waals surface area contributed by atoms with Crippen LogP contribution in [0.2, 0.25) is 0 Å². The second kappa shape index (κ2) is 11.8. The monoisotopic (exact) mass is 464 g/mol. The number of carbonyl (C=O) groups excluding carboxylic acids is 1. The maximum absolute atomic E-state index is 14.8. The van der Waals surface area contributed by atoms with Crippen molar-refractivity contribution < 1.29 is 28.6 Å². The third-order valence-corrected chi connectivity index (χ3v) is 4.69. The van der Waals surface area contributed by atoms with E-state index in [-0.39, 0.29) is 23.1 Å². The zero-order valence-electron chi connectivity index (χ0n) is 18.9. The number of carbonyl (C=O) groups is 2. The number of anilines is 3. The van der Waals surface area contributed by atoms with Crippen molar-refractivity contribution in [2.45, 2.75) is 32.9 Å². The van der Waals surface area contributed by atoms with E-state index in [2.05, 4.69) is 25.9 Å². The molecule has 2 atom stereocenters. The number of ether oxygens (including phenoxy) is 2. The third kappa shape index (κ3) is 7.45. The van der Waals surface area contributed by atoms with Crippen molar-refractivity contribution in [3.63, 3.8) is 0 Å². The molecule has 2 amide bonds. The fourth-order valence-corrected chi connectivity index (χ4v) is 3.12. The van der Waals surface area contributed by atoms with E-state index >= 15 is 0 Å². The number of amides is 2. The van der Waals surface area contributed by atoms with E-state index in [0.29, 0.717) is 24.8 Å². The van der Waals surface area contributed by atoms with Crippen LogP contribution in [-0.2, 0) is 4.74 Å². The maximum atomic E-state index is 14.8. The summed E-state index contributed by atoms with van der Waals surface area (Å²) in [5.41, 5.74) is 5.74. The number of halogens is 1. The molecule has 0 aromatic carbocycles. The molecule has 0 radical (unpaired) electrons. The first-order valence-corrected chi connectivity index (χ1v) is 10.2. The summed E-state index contributed by atoms with van der Waals surface area (Å²) >= 11 is 0. The molecular weight excluding hydrogens is 435 g/mol. The minimum Gasteiger partial charge on any atom is -0.475 e. The minimum absolute atomic E-state index is 0.0156. The van der Waals surface area contributed by atoms with Crippen LogP contribution in [0.4, 0.5) is 26.5 Å². The van der Waals surface area contributed by atoms with Gasteiger partial charge in [0, 0.05) is 37.1 Å². The Bertz CT molecular complexity index is 974. The van der Waals surface area contributed by atoms with Crippen molar-refractivity contribution in [1.29, 1.82) is 0 Å². The number of methoxy groups -OCH3 is 1. The average Bonchev–Trinajstić information content (AvgIpc) is 2.73. The molecular formula is C21H29FN6O5. The van der Waals surface area contributed by atoms with E-state index in [1.54, 1.807) is 26.2 Å². The van der Waals surface area contributed by atoms with Crippen LogP contribution in [0.25, 0.3) is 0 Å². The molecule has 0 spiro atoms. The van der Waals surface area contributed by atoms with E-state index in [0.717, 1.165) is 6.07 Å². The Morgan fingerprint density at radius 1 is 1.21 bits per heavy atom. The van der Waals surface area contributed by atoms with Crippen LogP contribution in [0.15, 0.2) is 24.4 Å². The van der Waals surface area contributed by atoms with Crippen molar-refractivity contribution in [3.05, 3.63) is 35.8 Å². The van der Waals surface area contributed by atoms with Crippen molar-refractivity contribution in [2.75, 3.05) is 31.0 Å². The first-order chi connectivity index (χ1) is 15.6. The fraction of sp³-hybridized carbons (Fsp3) is 0.429. The molecule has 6 N–H and O–H groups in total. The lowest BCUT2D eigenvalue weighted by molar-refractivity contribution is 0.1000. The molecule has 0 aliphatic rings. The highest BCUT2D eigenvalue weighted by atomic mass is 19.1. The summed E-state index contributed by atoms with van der Waals surface area (Å²) in [5, 5.41) is 17.3. The van der Waals surface area contributed by atoms with Crippen molar-refractivity contribution in [1.82, 2.24) is 15.3 Å². The van der Waals surface area contributed by atoms with Crippen molar-refractivity contribution in [2.24, 2.45) is 11.7 Å². The Balaban J connectivity index is 2.35. The number of nitrogens with two attached hydrogens (primary N) is 1. The lowest BCUT2D eigenvalue weighted by Gasteiger charge is -2.29. The number of nitrogens with zero attached hydrogens (tertiary/aromatic N) is 2. The standard InChI is InChI=1S/C21H29FN6O5/c1-11(2)17(12(3)25-21(30)31)27-20-15(22)10-14(18(23)29)19(28-20)26-13-5-6-24-16(9-13)33-8-7-32-4/h5-6,9-12,17,25H,7-8H2,1-4H3,(H2,23,29)(H,30,31)(H2,24,26,27,28)/t12-,17-/m0/s1.